The molecule has 9 aromatic carbocycles. The van der Waals surface area contributed by atoms with E-state index in [2.05, 4.69) is 202 Å². The molecule has 2 nitrogen and oxygen atoms in total. The summed E-state index contributed by atoms with van der Waals surface area (Å²) in [5.74, 6) is 0.704. The lowest BCUT2D eigenvalue weighted by atomic mass is 9.82. The fourth-order valence-electron chi connectivity index (χ4n) is 9.13. The van der Waals surface area contributed by atoms with Gasteiger partial charge in [0.15, 0.2) is 5.82 Å². The van der Waals surface area contributed by atoms with Gasteiger partial charge in [-0.3, -0.25) is 0 Å². The number of hydrogen-bond acceptors (Lipinski definition) is 2. The van der Waals surface area contributed by atoms with E-state index in [0.29, 0.717) is 5.82 Å². The van der Waals surface area contributed by atoms with Gasteiger partial charge in [0, 0.05) is 22.1 Å². The molecule has 0 saturated carbocycles. The quantitative estimate of drug-likeness (QED) is 0.130. The van der Waals surface area contributed by atoms with E-state index < -0.39 is 0 Å². The van der Waals surface area contributed by atoms with E-state index >= 15 is 0 Å². The molecule has 268 valence electrons. The van der Waals surface area contributed by atoms with Gasteiger partial charge in [0.2, 0.25) is 0 Å². The first kappa shape index (κ1) is 33.2. The highest BCUT2D eigenvalue weighted by Crippen LogP contribution is 2.49. The second-order valence-electron chi connectivity index (χ2n) is 15.8. The number of aromatic nitrogens is 2. The highest BCUT2D eigenvalue weighted by molar-refractivity contribution is 6.20. The van der Waals surface area contributed by atoms with Crippen molar-refractivity contribution in [2.24, 2.45) is 0 Å². The molecule has 0 aliphatic heterocycles. The van der Waals surface area contributed by atoms with Crippen LogP contribution in [-0.2, 0) is 5.41 Å². The van der Waals surface area contributed by atoms with Crippen LogP contribution in [0.2, 0.25) is 0 Å². The van der Waals surface area contributed by atoms with Crippen molar-refractivity contribution in [2.75, 3.05) is 0 Å². The molecule has 11 rings (SSSR count). The lowest BCUT2D eigenvalue weighted by Gasteiger charge is -2.21. The summed E-state index contributed by atoms with van der Waals surface area (Å²) in [4.78, 5) is 10.4. The molecule has 57 heavy (non-hydrogen) atoms. The summed E-state index contributed by atoms with van der Waals surface area (Å²) in [6.45, 7) is 4.66. The van der Waals surface area contributed by atoms with Gasteiger partial charge in [0.05, 0.1) is 11.4 Å². The highest BCUT2D eigenvalue weighted by Gasteiger charge is 2.35. The summed E-state index contributed by atoms with van der Waals surface area (Å²) in [5.41, 5.74) is 15.2. The number of nitrogens with zero attached hydrogens (tertiary/aromatic N) is 2. The van der Waals surface area contributed by atoms with Crippen molar-refractivity contribution in [3.63, 3.8) is 0 Å². The molecule has 1 aliphatic rings. The predicted octanol–water partition coefficient (Wildman–Crippen LogP) is 14.6. The van der Waals surface area contributed by atoms with E-state index in [9.17, 15) is 0 Å². The average molecular weight is 727 g/mol. The summed E-state index contributed by atoms with van der Waals surface area (Å²) in [6, 6.07) is 70.2. The Balaban J connectivity index is 0.987. The van der Waals surface area contributed by atoms with Crippen molar-refractivity contribution in [1.82, 2.24) is 9.97 Å². The van der Waals surface area contributed by atoms with E-state index in [0.717, 1.165) is 28.1 Å². The average Bonchev–Trinajstić information content (AvgIpc) is 3.51. The van der Waals surface area contributed by atoms with E-state index in [1.807, 2.05) is 6.07 Å². The largest absolute Gasteiger partial charge is 0.228 e. The fraction of sp³-hybridized carbons (Fsp3) is 0.0545. The molecule has 1 aromatic heterocycles. The van der Waals surface area contributed by atoms with Crippen LogP contribution in [0.1, 0.15) is 25.0 Å². The number of hydrogen-bond donors (Lipinski definition) is 0. The maximum Gasteiger partial charge on any atom is 0.160 e. The molecule has 0 atom stereocenters. The second kappa shape index (κ2) is 13.0. The summed E-state index contributed by atoms with van der Waals surface area (Å²) in [5, 5.41) is 7.52. The highest BCUT2D eigenvalue weighted by atomic mass is 14.9. The Hall–Kier alpha value is -7.16. The van der Waals surface area contributed by atoms with Crippen LogP contribution in [-0.4, -0.2) is 9.97 Å². The molecule has 0 amide bonds. The van der Waals surface area contributed by atoms with Gasteiger partial charge in [-0.25, -0.2) is 9.97 Å². The molecule has 0 bridgehead atoms. The third-order valence-corrected chi connectivity index (χ3v) is 12.1. The molecule has 10 aromatic rings. The van der Waals surface area contributed by atoms with Crippen molar-refractivity contribution in [3.8, 4) is 67.3 Å². The zero-order valence-electron chi connectivity index (χ0n) is 31.9. The van der Waals surface area contributed by atoms with Crippen molar-refractivity contribution in [2.45, 2.75) is 19.3 Å². The van der Waals surface area contributed by atoms with Gasteiger partial charge in [-0.2, -0.15) is 0 Å². The molecular weight excluding hydrogens is 689 g/mol. The predicted molar refractivity (Wildman–Crippen MR) is 239 cm³/mol. The van der Waals surface area contributed by atoms with Crippen molar-refractivity contribution < 1.29 is 0 Å². The number of benzene rings is 9. The van der Waals surface area contributed by atoms with Crippen LogP contribution < -0.4 is 0 Å². The van der Waals surface area contributed by atoms with Crippen LogP contribution in [0.25, 0.3) is 99.6 Å². The van der Waals surface area contributed by atoms with Crippen molar-refractivity contribution in [1.29, 1.82) is 0 Å². The lowest BCUT2D eigenvalue weighted by molar-refractivity contribution is 0.660. The molecule has 0 saturated heterocycles. The zero-order chi connectivity index (χ0) is 38.1. The first-order valence-electron chi connectivity index (χ1n) is 19.7. The van der Waals surface area contributed by atoms with Gasteiger partial charge < -0.3 is 0 Å². The lowest BCUT2D eigenvalue weighted by Crippen LogP contribution is -2.14. The van der Waals surface area contributed by atoms with Crippen LogP contribution in [0.4, 0.5) is 0 Å². The molecule has 0 radical (unpaired) electrons. The Morgan fingerprint density at radius 3 is 1.70 bits per heavy atom. The third kappa shape index (κ3) is 5.48. The minimum Gasteiger partial charge on any atom is -0.228 e. The normalized spacial score (nSPS) is 12.9. The number of fused-ring (bicyclic) bond motifs is 7. The molecule has 2 heteroatoms. The zero-order valence-corrected chi connectivity index (χ0v) is 31.9. The Morgan fingerprint density at radius 2 is 0.912 bits per heavy atom. The first-order chi connectivity index (χ1) is 28.0. The smallest absolute Gasteiger partial charge is 0.160 e. The van der Waals surface area contributed by atoms with Crippen molar-refractivity contribution >= 4 is 32.3 Å². The van der Waals surface area contributed by atoms with Gasteiger partial charge in [-0.05, 0) is 95.0 Å². The molecule has 0 N–H and O–H groups in total. The second-order valence-corrected chi connectivity index (χ2v) is 15.8. The van der Waals surface area contributed by atoms with E-state index in [4.69, 9.17) is 9.97 Å². The molecule has 1 heterocycles. The Kier molecular flexibility index (Phi) is 7.55. The SMILES string of the molecule is CC1(C)c2ccccc2-c2cc(-c3ccc(-c4cc(-c5ccccc5)nc(-c5ccc(-c6c7ccccc7cc7c6ccc6ccccc67)cc5)n4)cc3)ccc21. The van der Waals surface area contributed by atoms with Gasteiger partial charge >= 0.3 is 0 Å². The summed E-state index contributed by atoms with van der Waals surface area (Å²) >= 11 is 0. The monoisotopic (exact) mass is 726 g/mol. The van der Waals surface area contributed by atoms with E-state index in [1.54, 1.807) is 0 Å². The standard InChI is InChI=1S/C55H38N2/c1-55(2)49-19-11-10-18-45(49)48-32-41(29-31-50(48)55)35-20-22-38(23-21-35)52-34-51(37-13-4-3-5-14-37)56-54(57-52)40-26-24-39(25-27-40)53-44-17-9-7-15-42(44)33-47-43-16-8-6-12-36(43)28-30-46(47)53/h3-34H,1-2H3. The Morgan fingerprint density at radius 1 is 0.333 bits per heavy atom. The fourth-order valence-corrected chi connectivity index (χ4v) is 9.13. The molecule has 0 spiro atoms. The third-order valence-electron chi connectivity index (χ3n) is 12.1. The topological polar surface area (TPSA) is 25.8 Å². The van der Waals surface area contributed by atoms with E-state index in [-0.39, 0.29) is 5.41 Å². The van der Waals surface area contributed by atoms with Gasteiger partial charge in [-0.1, -0.05) is 190 Å². The van der Waals surface area contributed by atoms with Crippen LogP contribution in [0.5, 0.6) is 0 Å². The van der Waals surface area contributed by atoms with Crippen LogP contribution in [0.3, 0.4) is 0 Å². The van der Waals surface area contributed by atoms with Crippen molar-refractivity contribution in [3.05, 3.63) is 205 Å². The minimum atomic E-state index is -0.00451. The van der Waals surface area contributed by atoms with Crippen LogP contribution in [0.15, 0.2) is 194 Å². The van der Waals surface area contributed by atoms with Gasteiger partial charge in [-0.15, -0.1) is 0 Å². The van der Waals surface area contributed by atoms with E-state index in [1.165, 1.54) is 76.8 Å². The maximum absolute atomic E-state index is 5.22. The Labute approximate surface area is 332 Å². The minimum absolute atomic E-state index is 0.00451. The summed E-state index contributed by atoms with van der Waals surface area (Å²) in [6.07, 6.45) is 0. The van der Waals surface area contributed by atoms with Gasteiger partial charge in [0.1, 0.15) is 0 Å². The van der Waals surface area contributed by atoms with Crippen LogP contribution >= 0.6 is 0 Å². The Bertz CT molecular complexity index is 3180. The van der Waals surface area contributed by atoms with Gasteiger partial charge in [0.25, 0.3) is 0 Å². The summed E-state index contributed by atoms with van der Waals surface area (Å²) < 4.78 is 0. The molecular formula is C55H38N2. The van der Waals surface area contributed by atoms with Crippen LogP contribution in [0, 0.1) is 0 Å². The maximum atomic E-state index is 5.22. The molecule has 0 unspecified atom stereocenters. The molecule has 0 fully saturated rings. The molecule has 1 aliphatic carbocycles. The number of rotatable bonds is 5. The summed E-state index contributed by atoms with van der Waals surface area (Å²) in [7, 11) is 0. The first-order valence-corrected chi connectivity index (χ1v) is 19.7.